The van der Waals surface area contributed by atoms with E-state index in [9.17, 15) is 4.79 Å². The van der Waals surface area contributed by atoms with Crippen LogP contribution in [-0.2, 0) is 22.5 Å². The number of benzene rings is 1. The molecule has 0 unspecified atom stereocenters. The third kappa shape index (κ3) is 3.49. The van der Waals surface area contributed by atoms with Crippen LogP contribution in [0.1, 0.15) is 24.7 Å². The minimum atomic E-state index is -0.365. The quantitative estimate of drug-likeness (QED) is 0.652. The Morgan fingerprint density at radius 2 is 2.29 bits per heavy atom. The van der Waals surface area contributed by atoms with E-state index in [2.05, 4.69) is 21.2 Å². The van der Waals surface area contributed by atoms with Crippen LogP contribution in [0.15, 0.2) is 24.3 Å². The highest BCUT2D eigenvalue weighted by Crippen LogP contribution is 2.19. The Kier molecular flexibility index (Phi) is 5.11. The molecule has 0 aliphatic heterocycles. The second-order valence-corrected chi connectivity index (χ2v) is 4.82. The molecular weight excluding hydrogens is 266 g/mol. The molecule has 0 fully saturated rings. The topological polar surface area (TPSA) is 70.1 Å². The lowest BCUT2D eigenvalue weighted by Crippen LogP contribution is -2.12. The molecule has 5 heteroatoms. The van der Waals surface area contributed by atoms with Crippen LogP contribution in [0.2, 0.25) is 0 Å². The first-order valence-electron chi connectivity index (χ1n) is 7.14. The Morgan fingerprint density at radius 1 is 1.48 bits per heavy atom. The standard InChI is InChI=1S/C16H21N3O2/c1-3-4-15-18-13-11-12(6-8-16(20)21-2)5-7-14(13)19(15)10-9-17/h5-8,11H,3-4,9-10,17H2,1-2H3/b8-6+. The molecule has 0 saturated carbocycles. The molecule has 0 saturated heterocycles. The number of hydrogen-bond acceptors (Lipinski definition) is 4. The average Bonchev–Trinajstić information content (AvgIpc) is 2.83. The number of methoxy groups -OCH3 is 1. The minimum Gasteiger partial charge on any atom is -0.466 e. The number of aromatic nitrogens is 2. The van der Waals surface area contributed by atoms with Crippen molar-refractivity contribution in [2.45, 2.75) is 26.3 Å². The predicted octanol–water partition coefficient (Wildman–Crippen LogP) is 2.13. The SMILES string of the molecule is CCCc1nc2cc(/C=C/C(=O)OC)ccc2n1CCN. The lowest BCUT2D eigenvalue weighted by Gasteiger charge is -2.06. The molecule has 2 aromatic rings. The highest BCUT2D eigenvalue weighted by molar-refractivity contribution is 5.88. The van der Waals surface area contributed by atoms with Crippen LogP contribution in [0, 0.1) is 0 Å². The highest BCUT2D eigenvalue weighted by Gasteiger charge is 2.09. The minimum absolute atomic E-state index is 0.365. The number of ether oxygens (including phenoxy) is 1. The van der Waals surface area contributed by atoms with Crippen LogP contribution < -0.4 is 5.73 Å². The molecular formula is C16H21N3O2. The Bertz CT molecular complexity index is 659. The van der Waals surface area contributed by atoms with Gasteiger partial charge in [-0.25, -0.2) is 9.78 Å². The highest BCUT2D eigenvalue weighted by atomic mass is 16.5. The van der Waals surface area contributed by atoms with Gasteiger partial charge in [0.15, 0.2) is 0 Å². The monoisotopic (exact) mass is 287 g/mol. The number of carbonyl (C=O) groups is 1. The Labute approximate surface area is 124 Å². The summed E-state index contributed by atoms with van der Waals surface area (Å²) in [6.07, 6.45) is 5.11. The number of nitrogens with two attached hydrogens (primary N) is 1. The summed E-state index contributed by atoms with van der Waals surface area (Å²) in [6, 6.07) is 5.96. The van der Waals surface area contributed by atoms with Crippen molar-refractivity contribution in [1.82, 2.24) is 9.55 Å². The van der Waals surface area contributed by atoms with Gasteiger partial charge in [0.1, 0.15) is 5.82 Å². The molecule has 1 aromatic heterocycles. The van der Waals surface area contributed by atoms with Crippen molar-refractivity contribution in [2.75, 3.05) is 13.7 Å². The van der Waals surface area contributed by atoms with Crippen LogP contribution >= 0.6 is 0 Å². The van der Waals surface area contributed by atoms with Crippen LogP contribution in [0.25, 0.3) is 17.1 Å². The molecule has 0 amide bonds. The number of aryl methyl sites for hydroxylation is 1. The molecule has 0 spiro atoms. The summed E-state index contributed by atoms with van der Waals surface area (Å²) < 4.78 is 6.76. The van der Waals surface area contributed by atoms with Crippen molar-refractivity contribution in [3.8, 4) is 0 Å². The Balaban J connectivity index is 2.39. The van der Waals surface area contributed by atoms with E-state index in [0.29, 0.717) is 6.54 Å². The summed E-state index contributed by atoms with van der Waals surface area (Å²) in [5.74, 6) is 0.697. The summed E-state index contributed by atoms with van der Waals surface area (Å²) in [5, 5.41) is 0. The van der Waals surface area contributed by atoms with Gasteiger partial charge in [0.2, 0.25) is 0 Å². The second-order valence-electron chi connectivity index (χ2n) is 4.82. The first kappa shape index (κ1) is 15.3. The van der Waals surface area contributed by atoms with E-state index in [4.69, 9.17) is 5.73 Å². The summed E-state index contributed by atoms with van der Waals surface area (Å²) in [6.45, 7) is 3.49. The zero-order chi connectivity index (χ0) is 15.2. The first-order valence-corrected chi connectivity index (χ1v) is 7.14. The maximum Gasteiger partial charge on any atom is 0.330 e. The van der Waals surface area contributed by atoms with Crippen molar-refractivity contribution in [3.05, 3.63) is 35.7 Å². The van der Waals surface area contributed by atoms with Gasteiger partial charge in [0.05, 0.1) is 18.1 Å². The fourth-order valence-electron chi connectivity index (χ4n) is 2.33. The lowest BCUT2D eigenvalue weighted by molar-refractivity contribution is -0.134. The van der Waals surface area contributed by atoms with E-state index in [1.54, 1.807) is 6.08 Å². The van der Waals surface area contributed by atoms with E-state index >= 15 is 0 Å². The molecule has 0 radical (unpaired) electrons. The van der Waals surface area contributed by atoms with Gasteiger partial charge in [-0.05, 0) is 30.2 Å². The molecule has 21 heavy (non-hydrogen) atoms. The molecule has 0 bridgehead atoms. The number of carbonyl (C=O) groups excluding carboxylic acids is 1. The van der Waals surface area contributed by atoms with Crippen molar-refractivity contribution < 1.29 is 9.53 Å². The number of hydrogen-bond donors (Lipinski definition) is 1. The number of nitrogens with zero attached hydrogens (tertiary/aromatic N) is 2. The maximum absolute atomic E-state index is 11.1. The van der Waals surface area contributed by atoms with E-state index in [-0.39, 0.29) is 5.97 Å². The molecule has 2 N–H and O–H groups in total. The zero-order valence-electron chi connectivity index (χ0n) is 12.5. The number of fused-ring (bicyclic) bond motifs is 1. The van der Waals surface area contributed by atoms with E-state index in [1.807, 2.05) is 18.2 Å². The summed E-state index contributed by atoms with van der Waals surface area (Å²) in [4.78, 5) is 15.8. The van der Waals surface area contributed by atoms with Crippen molar-refractivity contribution in [3.63, 3.8) is 0 Å². The third-order valence-corrected chi connectivity index (χ3v) is 3.29. The van der Waals surface area contributed by atoms with E-state index < -0.39 is 0 Å². The summed E-state index contributed by atoms with van der Waals surface area (Å²) in [5.41, 5.74) is 8.63. The Morgan fingerprint density at radius 3 is 2.95 bits per heavy atom. The molecule has 0 aliphatic carbocycles. The van der Waals surface area contributed by atoms with Crippen LogP contribution in [-0.4, -0.2) is 29.2 Å². The molecule has 112 valence electrons. The molecule has 1 aromatic carbocycles. The lowest BCUT2D eigenvalue weighted by atomic mass is 10.2. The number of imidazole rings is 1. The van der Waals surface area contributed by atoms with Gasteiger partial charge in [0, 0.05) is 25.6 Å². The molecule has 0 atom stereocenters. The average molecular weight is 287 g/mol. The molecule has 5 nitrogen and oxygen atoms in total. The van der Waals surface area contributed by atoms with E-state index in [1.165, 1.54) is 13.2 Å². The maximum atomic E-state index is 11.1. The van der Waals surface area contributed by atoms with Crippen LogP contribution in [0.4, 0.5) is 0 Å². The van der Waals surface area contributed by atoms with Crippen molar-refractivity contribution in [1.29, 1.82) is 0 Å². The van der Waals surface area contributed by atoms with Gasteiger partial charge >= 0.3 is 5.97 Å². The van der Waals surface area contributed by atoms with Gasteiger partial charge < -0.3 is 15.0 Å². The predicted molar refractivity (Wildman–Crippen MR) is 83.8 cm³/mol. The van der Waals surface area contributed by atoms with Gasteiger partial charge in [-0.15, -0.1) is 0 Å². The van der Waals surface area contributed by atoms with Crippen molar-refractivity contribution in [2.24, 2.45) is 5.73 Å². The smallest absolute Gasteiger partial charge is 0.330 e. The molecule has 2 rings (SSSR count). The number of rotatable bonds is 6. The van der Waals surface area contributed by atoms with Gasteiger partial charge in [-0.2, -0.15) is 0 Å². The molecule has 1 heterocycles. The number of esters is 1. The van der Waals surface area contributed by atoms with Gasteiger partial charge in [-0.1, -0.05) is 13.0 Å². The summed E-state index contributed by atoms with van der Waals surface area (Å²) in [7, 11) is 1.36. The molecule has 0 aliphatic rings. The summed E-state index contributed by atoms with van der Waals surface area (Å²) >= 11 is 0. The third-order valence-electron chi connectivity index (χ3n) is 3.29. The van der Waals surface area contributed by atoms with E-state index in [0.717, 1.165) is 41.8 Å². The second kappa shape index (κ2) is 7.04. The van der Waals surface area contributed by atoms with Crippen molar-refractivity contribution >= 4 is 23.1 Å². The van der Waals surface area contributed by atoms with Crippen LogP contribution in [0.3, 0.4) is 0 Å². The fourth-order valence-corrected chi connectivity index (χ4v) is 2.33. The fraction of sp³-hybridized carbons (Fsp3) is 0.375. The zero-order valence-corrected chi connectivity index (χ0v) is 12.5. The first-order chi connectivity index (χ1) is 10.2. The van der Waals surface area contributed by atoms with Crippen LogP contribution in [0.5, 0.6) is 0 Å². The van der Waals surface area contributed by atoms with Gasteiger partial charge in [-0.3, -0.25) is 0 Å². The Hall–Kier alpha value is -2.14. The van der Waals surface area contributed by atoms with Gasteiger partial charge in [0.25, 0.3) is 0 Å². The largest absolute Gasteiger partial charge is 0.466 e. The normalized spacial score (nSPS) is 11.4.